The first-order valence-corrected chi connectivity index (χ1v) is 8.71. The van der Waals surface area contributed by atoms with E-state index in [1.54, 1.807) is 6.92 Å². The van der Waals surface area contributed by atoms with Crippen LogP contribution in [0.25, 0.3) is 0 Å². The Morgan fingerprint density at radius 3 is 2.36 bits per heavy atom. The van der Waals surface area contributed by atoms with E-state index in [1.165, 1.54) is 50.9 Å². The first kappa shape index (κ1) is 15.6. The number of hydrogen-bond donors (Lipinski definition) is 2. The second-order valence-corrected chi connectivity index (χ2v) is 6.80. The van der Waals surface area contributed by atoms with Gasteiger partial charge in [0.25, 0.3) is 0 Å². The molecule has 2 aliphatic heterocycles. The van der Waals surface area contributed by atoms with Gasteiger partial charge in [-0.1, -0.05) is 12.5 Å². The van der Waals surface area contributed by atoms with Crippen molar-refractivity contribution >= 4 is 11.4 Å². The Labute approximate surface area is 133 Å². The lowest BCUT2D eigenvalue weighted by Gasteiger charge is -2.41. The fourth-order valence-electron chi connectivity index (χ4n) is 3.91. The standard InChI is InChI=1S/C18H29N3O/c1-14(22)17-6-5-16(13-18(17)19)21-11-7-15(8-12-21)20-9-3-2-4-10-20/h5-6,13-15,22H,2-4,7-12,19H2,1H3. The Bertz CT molecular complexity index is 489. The number of hydrogen-bond acceptors (Lipinski definition) is 4. The summed E-state index contributed by atoms with van der Waals surface area (Å²) in [6.45, 7) is 6.56. The third-order valence-corrected chi connectivity index (χ3v) is 5.26. The number of piperidine rings is 2. The highest BCUT2D eigenvalue weighted by Crippen LogP contribution is 2.29. The van der Waals surface area contributed by atoms with Crippen LogP contribution in [0.15, 0.2) is 18.2 Å². The molecule has 2 heterocycles. The molecule has 0 amide bonds. The Hall–Kier alpha value is -1.26. The second kappa shape index (κ2) is 6.88. The zero-order valence-electron chi connectivity index (χ0n) is 13.7. The molecule has 0 bridgehead atoms. The maximum Gasteiger partial charge on any atom is 0.0781 e. The summed E-state index contributed by atoms with van der Waals surface area (Å²) in [6, 6.07) is 6.85. The van der Waals surface area contributed by atoms with E-state index in [-0.39, 0.29) is 0 Å². The Balaban J connectivity index is 1.60. The van der Waals surface area contributed by atoms with Gasteiger partial charge in [-0.05, 0) is 57.8 Å². The quantitative estimate of drug-likeness (QED) is 0.843. The summed E-state index contributed by atoms with van der Waals surface area (Å²) in [5.74, 6) is 0. The minimum atomic E-state index is -0.501. The van der Waals surface area contributed by atoms with Crippen molar-refractivity contribution in [1.82, 2.24) is 4.90 Å². The number of nitrogens with two attached hydrogens (primary N) is 1. The first-order valence-electron chi connectivity index (χ1n) is 8.71. The number of aliphatic hydroxyl groups excluding tert-OH is 1. The molecule has 2 fully saturated rings. The highest BCUT2D eigenvalue weighted by Gasteiger charge is 2.25. The summed E-state index contributed by atoms with van der Waals surface area (Å²) in [5.41, 5.74) is 8.80. The highest BCUT2D eigenvalue weighted by atomic mass is 16.3. The largest absolute Gasteiger partial charge is 0.398 e. The van der Waals surface area contributed by atoms with Gasteiger partial charge in [-0.3, -0.25) is 0 Å². The third-order valence-electron chi connectivity index (χ3n) is 5.26. The molecule has 0 radical (unpaired) electrons. The van der Waals surface area contributed by atoms with Gasteiger partial charge in [0, 0.05) is 36.1 Å². The first-order chi connectivity index (χ1) is 10.6. The monoisotopic (exact) mass is 303 g/mol. The van der Waals surface area contributed by atoms with E-state index >= 15 is 0 Å². The minimum Gasteiger partial charge on any atom is -0.398 e. The summed E-state index contributed by atoms with van der Waals surface area (Å²) in [7, 11) is 0. The van der Waals surface area contributed by atoms with Gasteiger partial charge in [-0.25, -0.2) is 0 Å². The van der Waals surface area contributed by atoms with Gasteiger partial charge in [-0.2, -0.15) is 0 Å². The molecular formula is C18H29N3O. The lowest BCUT2D eigenvalue weighted by molar-refractivity contribution is 0.141. The topological polar surface area (TPSA) is 52.7 Å². The molecule has 0 spiro atoms. The SMILES string of the molecule is CC(O)c1ccc(N2CCC(N3CCCCC3)CC2)cc1N. The average Bonchev–Trinajstić information content (AvgIpc) is 2.55. The molecule has 122 valence electrons. The number of benzene rings is 1. The predicted molar refractivity (Wildman–Crippen MR) is 92.1 cm³/mol. The molecule has 1 aromatic rings. The maximum atomic E-state index is 9.69. The molecule has 1 atom stereocenters. The van der Waals surface area contributed by atoms with Crippen molar-refractivity contribution in [1.29, 1.82) is 0 Å². The number of nitrogens with zero attached hydrogens (tertiary/aromatic N) is 2. The molecule has 4 nitrogen and oxygen atoms in total. The molecule has 1 aromatic carbocycles. The molecule has 0 aliphatic carbocycles. The number of nitrogen functional groups attached to an aromatic ring is 1. The molecule has 2 saturated heterocycles. The van der Waals surface area contributed by atoms with Crippen LogP contribution in [0.3, 0.4) is 0 Å². The van der Waals surface area contributed by atoms with Gasteiger partial charge < -0.3 is 20.6 Å². The van der Waals surface area contributed by atoms with Gasteiger partial charge in [-0.15, -0.1) is 0 Å². The van der Waals surface area contributed by atoms with E-state index < -0.39 is 6.10 Å². The zero-order chi connectivity index (χ0) is 15.5. The van der Waals surface area contributed by atoms with Crippen LogP contribution in [0.2, 0.25) is 0 Å². The second-order valence-electron chi connectivity index (χ2n) is 6.80. The van der Waals surface area contributed by atoms with Gasteiger partial charge in [0.05, 0.1) is 6.10 Å². The van der Waals surface area contributed by atoms with Gasteiger partial charge >= 0.3 is 0 Å². The van der Waals surface area contributed by atoms with E-state index in [9.17, 15) is 5.11 Å². The zero-order valence-corrected chi connectivity index (χ0v) is 13.7. The predicted octanol–water partition coefficient (Wildman–Crippen LogP) is 2.78. The number of rotatable bonds is 3. The molecule has 4 heteroatoms. The maximum absolute atomic E-state index is 9.69. The molecule has 3 N–H and O–H groups in total. The van der Waals surface area contributed by atoms with Crippen molar-refractivity contribution in [2.75, 3.05) is 36.8 Å². The third kappa shape index (κ3) is 3.39. The van der Waals surface area contributed by atoms with Gasteiger partial charge in [0.1, 0.15) is 0 Å². The van der Waals surface area contributed by atoms with Crippen LogP contribution in [0.5, 0.6) is 0 Å². The fraction of sp³-hybridized carbons (Fsp3) is 0.667. The van der Waals surface area contributed by atoms with Crippen LogP contribution < -0.4 is 10.6 Å². The molecule has 3 rings (SSSR count). The number of anilines is 2. The Morgan fingerprint density at radius 2 is 1.77 bits per heavy atom. The fourth-order valence-corrected chi connectivity index (χ4v) is 3.91. The van der Waals surface area contributed by atoms with Gasteiger partial charge in [0.15, 0.2) is 0 Å². The van der Waals surface area contributed by atoms with Crippen molar-refractivity contribution in [3.8, 4) is 0 Å². The Kier molecular flexibility index (Phi) is 4.89. The van der Waals surface area contributed by atoms with E-state index in [1.807, 2.05) is 12.1 Å². The molecule has 0 aromatic heterocycles. The highest BCUT2D eigenvalue weighted by molar-refractivity contribution is 5.60. The van der Waals surface area contributed by atoms with Crippen molar-refractivity contribution in [2.45, 2.75) is 51.2 Å². The summed E-state index contributed by atoms with van der Waals surface area (Å²) < 4.78 is 0. The molecule has 22 heavy (non-hydrogen) atoms. The molecule has 2 aliphatic rings. The summed E-state index contributed by atoms with van der Waals surface area (Å²) in [5, 5.41) is 9.69. The van der Waals surface area contributed by atoms with Crippen LogP contribution in [0.4, 0.5) is 11.4 Å². The van der Waals surface area contributed by atoms with Crippen molar-refractivity contribution in [2.24, 2.45) is 0 Å². The van der Waals surface area contributed by atoms with E-state index in [2.05, 4.69) is 15.9 Å². The van der Waals surface area contributed by atoms with Crippen LogP contribution in [-0.2, 0) is 0 Å². The van der Waals surface area contributed by atoms with Crippen LogP contribution in [0.1, 0.15) is 50.7 Å². The van der Waals surface area contributed by atoms with E-state index in [0.717, 1.165) is 24.7 Å². The van der Waals surface area contributed by atoms with Crippen molar-refractivity contribution < 1.29 is 5.11 Å². The van der Waals surface area contributed by atoms with Crippen LogP contribution >= 0.6 is 0 Å². The lowest BCUT2D eigenvalue weighted by Crippen LogP contribution is -2.46. The number of aliphatic hydroxyl groups is 1. The van der Waals surface area contributed by atoms with Gasteiger partial charge in [0.2, 0.25) is 0 Å². The Morgan fingerprint density at radius 1 is 1.09 bits per heavy atom. The lowest BCUT2D eigenvalue weighted by atomic mass is 9.99. The smallest absolute Gasteiger partial charge is 0.0781 e. The summed E-state index contributed by atoms with van der Waals surface area (Å²) >= 11 is 0. The molecular weight excluding hydrogens is 274 g/mol. The number of likely N-dealkylation sites (tertiary alicyclic amines) is 1. The van der Waals surface area contributed by atoms with E-state index in [0.29, 0.717) is 5.69 Å². The van der Waals surface area contributed by atoms with Crippen LogP contribution in [-0.4, -0.2) is 42.2 Å². The van der Waals surface area contributed by atoms with Crippen molar-refractivity contribution in [3.63, 3.8) is 0 Å². The average molecular weight is 303 g/mol. The van der Waals surface area contributed by atoms with Crippen LogP contribution in [0, 0.1) is 0 Å². The van der Waals surface area contributed by atoms with Crippen molar-refractivity contribution in [3.05, 3.63) is 23.8 Å². The molecule has 0 saturated carbocycles. The normalized spacial score (nSPS) is 22.7. The summed E-state index contributed by atoms with van der Waals surface area (Å²) in [4.78, 5) is 5.13. The summed E-state index contributed by atoms with van der Waals surface area (Å²) in [6.07, 6.45) is 6.15. The van der Waals surface area contributed by atoms with E-state index in [4.69, 9.17) is 5.73 Å². The molecule has 1 unspecified atom stereocenters. The minimum absolute atomic E-state index is 0.501.